The highest BCUT2D eigenvalue weighted by Gasteiger charge is 2.32. The Bertz CT molecular complexity index is 1410. The quantitative estimate of drug-likeness (QED) is 0.512. The number of carbonyl (C=O) groups is 1. The number of hydrogen-bond acceptors (Lipinski definition) is 5. The van der Waals surface area contributed by atoms with E-state index >= 15 is 0 Å². The minimum Gasteiger partial charge on any atom is -0.345 e. The predicted molar refractivity (Wildman–Crippen MR) is 118 cm³/mol. The lowest BCUT2D eigenvalue weighted by molar-refractivity contribution is 0.0699. The van der Waals surface area contributed by atoms with Crippen LogP contribution in [0.2, 0.25) is 5.02 Å². The first-order valence-corrected chi connectivity index (χ1v) is 11.5. The molecular weight excluding hydrogens is 438 g/mol. The smallest absolute Gasteiger partial charge is 0.256 e. The molecule has 8 nitrogen and oxygen atoms in total. The Labute approximate surface area is 183 Å². The van der Waals surface area contributed by atoms with E-state index in [1.54, 1.807) is 47.6 Å². The standard InChI is InChI=1S/C21H18ClN5O3S/c22-15-11-14-3-1-5-23-19(14)17(12-15)21(28)26-7-9-27(10-8-26)31(29,30)18-13-25-20-16(18)4-2-6-24-20/h1-6,11-13H,7-10H2,(H,24,25). The van der Waals surface area contributed by atoms with Crippen LogP contribution in [-0.2, 0) is 10.0 Å². The van der Waals surface area contributed by atoms with Gasteiger partial charge < -0.3 is 9.88 Å². The van der Waals surface area contributed by atoms with Gasteiger partial charge in [-0.1, -0.05) is 17.7 Å². The summed E-state index contributed by atoms with van der Waals surface area (Å²) >= 11 is 6.20. The average molecular weight is 456 g/mol. The molecule has 5 rings (SSSR count). The van der Waals surface area contributed by atoms with Crippen LogP contribution in [0.15, 0.2) is 59.9 Å². The fourth-order valence-electron chi connectivity index (χ4n) is 3.90. The molecule has 10 heteroatoms. The van der Waals surface area contributed by atoms with Crippen molar-refractivity contribution in [1.29, 1.82) is 0 Å². The molecule has 0 unspecified atom stereocenters. The summed E-state index contributed by atoms with van der Waals surface area (Å²) in [5.74, 6) is -0.209. The highest BCUT2D eigenvalue weighted by molar-refractivity contribution is 7.89. The zero-order chi connectivity index (χ0) is 21.6. The lowest BCUT2D eigenvalue weighted by Gasteiger charge is -2.34. The fraction of sp³-hybridized carbons (Fsp3) is 0.190. The Morgan fingerprint density at radius 3 is 2.58 bits per heavy atom. The average Bonchev–Trinajstić information content (AvgIpc) is 3.23. The molecule has 0 bridgehead atoms. The number of nitrogens with one attached hydrogen (secondary N) is 1. The third-order valence-electron chi connectivity index (χ3n) is 5.46. The molecule has 1 aliphatic heterocycles. The van der Waals surface area contributed by atoms with Crippen LogP contribution in [0.1, 0.15) is 10.4 Å². The van der Waals surface area contributed by atoms with Crippen molar-refractivity contribution in [3.63, 3.8) is 0 Å². The Morgan fingerprint density at radius 1 is 1.03 bits per heavy atom. The summed E-state index contributed by atoms with van der Waals surface area (Å²) in [6, 6.07) is 10.4. The number of carbonyl (C=O) groups excluding carboxylic acids is 1. The number of aromatic nitrogens is 3. The van der Waals surface area contributed by atoms with Crippen molar-refractivity contribution in [3.8, 4) is 0 Å². The van der Waals surface area contributed by atoms with Crippen LogP contribution in [0.25, 0.3) is 21.9 Å². The number of piperazine rings is 1. The number of hydrogen-bond donors (Lipinski definition) is 1. The molecular formula is C21H18ClN5O3S. The van der Waals surface area contributed by atoms with Crippen molar-refractivity contribution >= 4 is 49.5 Å². The summed E-state index contributed by atoms with van der Waals surface area (Å²) in [5, 5.41) is 1.79. The molecule has 0 radical (unpaired) electrons. The number of nitrogens with zero attached hydrogens (tertiary/aromatic N) is 4. The first kappa shape index (κ1) is 19.9. The molecule has 0 atom stereocenters. The second-order valence-corrected chi connectivity index (χ2v) is 9.62. The SMILES string of the molecule is O=C(c1cc(Cl)cc2cccnc12)N1CCN(S(=O)(=O)c2c[nH]c3ncccc23)CC1. The summed E-state index contributed by atoms with van der Waals surface area (Å²) in [6.07, 6.45) is 4.70. The van der Waals surface area contributed by atoms with Gasteiger partial charge in [-0.05, 0) is 30.3 Å². The third-order valence-corrected chi connectivity index (χ3v) is 7.61. The second kappa shape index (κ2) is 7.60. The third kappa shape index (κ3) is 3.44. The molecule has 1 amide bonds. The van der Waals surface area contributed by atoms with Crippen LogP contribution in [0.5, 0.6) is 0 Å². The molecule has 31 heavy (non-hydrogen) atoms. The van der Waals surface area contributed by atoms with Crippen molar-refractivity contribution in [3.05, 3.63) is 65.6 Å². The molecule has 1 aliphatic rings. The van der Waals surface area contributed by atoms with E-state index in [4.69, 9.17) is 11.6 Å². The highest BCUT2D eigenvalue weighted by atomic mass is 35.5. The van der Waals surface area contributed by atoms with Crippen molar-refractivity contribution in [2.75, 3.05) is 26.2 Å². The van der Waals surface area contributed by atoms with Crippen LogP contribution >= 0.6 is 11.6 Å². The minimum absolute atomic E-state index is 0.195. The summed E-state index contributed by atoms with van der Waals surface area (Å²) < 4.78 is 27.8. The number of benzene rings is 1. The number of pyridine rings is 2. The van der Waals surface area contributed by atoms with E-state index in [1.807, 2.05) is 6.07 Å². The Hall–Kier alpha value is -3.01. The molecule has 0 spiro atoms. The van der Waals surface area contributed by atoms with Crippen molar-refractivity contribution in [2.45, 2.75) is 4.90 Å². The lowest BCUT2D eigenvalue weighted by Crippen LogP contribution is -2.50. The summed E-state index contributed by atoms with van der Waals surface area (Å²) in [5.41, 5.74) is 1.52. The molecule has 4 aromatic rings. The first-order chi connectivity index (χ1) is 14.9. The minimum atomic E-state index is -3.71. The van der Waals surface area contributed by atoms with Crippen LogP contribution < -0.4 is 0 Å². The van der Waals surface area contributed by atoms with Gasteiger partial charge in [0.25, 0.3) is 5.91 Å². The van der Waals surface area contributed by atoms with Crippen LogP contribution in [0.4, 0.5) is 0 Å². The molecule has 4 heterocycles. The first-order valence-electron chi connectivity index (χ1n) is 9.71. The Balaban J connectivity index is 1.38. The van der Waals surface area contributed by atoms with E-state index in [2.05, 4.69) is 15.0 Å². The van der Waals surface area contributed by atoms with Gasteiger partial charge in [0.2, 0.25) is 10.0 Å². The van der Waals surface area contributed by atoms with Gasteiger partial charge in [-0.3, -0.25) is 9.78 Å². The fourth-order valence-corrected chi connectivity index (χ4v) is 5.70. The van der Waals surface area contributed by atoms with Crippen LogP contribution in [-0.4, -0.2) is 64.7 Å². The van der Waals surface area contributed by atoms with Gasteiger partial charge in [-0.25, -0.2) is 13.4 Å². The topological polar surface area (TPSA) is 99.3 Å². The molecule has 1 aromatic carbocycles. The van der Waals surface area contributed by atoms with Crippen LogP contribution in [0.3, 0.4) is 0 Å². The van der Waals surface area contributed by atoms with Gasteiger partial charge in [0.15, 0.2) is 0 Å². The monoisotopic (exact) mass is 455 g/mol. The number of halogens is 1. The maximum Gasteiger partial charge on any atom is 0.256 e. The molecule has 0 aliphatic carbocycles. The normalized spacial score (nSPS) is 15.6. The van der Waals surface area contributed by atoms with Gasteiger partial charge >= 0.3 is 0 Å². The van der Waals surface area contributed by atoms with Gasteiger partial charge in [-0.2, -0.15) is 4.31 Å². The van der Waals surface area contributed by atoms with Gasteiger partial charge in [0.05, 0.1) is 11.1 Å². The molecule has 1 N–H and O–H groups in total. The van der Waals surface area contributed by atoms with E-state index in [0.717, 1.165) is 5.39 Å². The molecule has 0 saturated carbocycles. The van der Waals surface area contributed by atoms with Crippen molar-refractivity contribution in [2.24, 2.45) is 0 Å². The zero-order valence-corrected chi connectivity index (χ0v) is 17.9. The lowest BCUT2D eigenvalue weighted by atomic mass is 10.1. The van der Waals surface area contributed by atoms with Crippen molar-refractivity contribution in [1.82, 2.24) is 24.2 Å². The van der Waals surface area contributed by atoms with Crippen LogP contribution in [0, 0.1) is 0 Å². The number of sulfonamides is 1. The predicted octanol–water partition coefficient (Wildman–Crippen LogP) is 2.91. The highest BCUT2D eigenvalue weighted by Crippen LogP contribution is 2.27. The van der Waals surface area contributed by atoms with E-state index < -0.39 is 10.0 Å². The molecule has 1 saturated heterocycles. The van der Waals surface area contributed by atoms with E-state index in [-0.39, 0.29) is 37.0 Å². The maximum absolute atomic E-state index is 13.2. The largest absolute Gasteiger partial charge is 0.345 e. The van der Waals surface area contributed by atoms with E-state index in [1.165, 1.54) is 10.5 Å². The number of aromatic amines is 1. The van der Waals surface area contributed by atoms with Gasteiger partial charge in [-0.15, -0.1) is 0 Å². The Morgan fingerprint density at radius 2 is 1.77 bits per heavy atom. The summed E-state index contributed by atoms with van der Waals surface area (Å²) in [7, 11) is -3.71. The van der Waals surface area contributed by atoms with Gasteiger partial charge in [0.1, 0.15) is 10.5 Å². The van der Waals surface area contributed by atoms with E-state index in [9.17, 15) is 13.2 Å². The second-order valence-electron chi connectivity index (χ2n) is 7.28. The van der Waals surface area contributed by atoms with E-state index in [0.29, 0.717) is 27.1 Å². The molecule has 1 fully saturated rings. The number of amides is 1. The molecule has 158 valence electrons. The number of rotatable bonds is 3. The van der Waals surface area contributed by atoms with Gasteiger partial charge in [0, 0.05) is 60.6 Å². The summed E-state index contributed by atoms with van der Waals surface area (Å²) in [6.45, 7) is 0.957. The summed E-state index contributed by atoms with van der Waals surface area (Å²) in [4.78, 5) is 26.4. The molecule has 3 aromatic heterocycles. The Kier molecular flexibility index (Phi) is 4.88. The number of H-pyrrole nitrogens is 1. The maximum atomic E-state index is 13.2. The number of fused-ring (bicyclic) bond motifs is 2. The zero-order valence-electron chi connectivity index (χ0n) is 16.3. The van der Waals surface area contributed by atoms with Crippen molar-refractivity contribution < 1.29 is 13.2 Å².